The van der Waals surface area contributed by atoms with Crippen LogP contribution in [0, 0.1) is 5.92 Å². The molecule has 1 aromatic heterocycles. The molecule has 3 aromatic rings. The first-order valence-electron chi connectivity index (χ1n) is 12.1. The van der Waals surface area contributed by atoms with Gasteiger partial charge in [-0.25, -0.2) is 4.68 Å². The molecule has 0 spiro atoms. The maximum absolute atomic E-state index is 13.0. The number of aromatic nitrogens is 2. The SMILES string of the molecule is CN(CC(=O)N1CCN(C(=O)C2CC2)CC1)Cc1cn(-c2ccccc2)nc1-c1ccc(Cl)cc1. The molecule has 5 rings (SSSR count). The Labute approximate surface area is 210 Å². The molecule has 2 aliphatic rings. The van der Waals surface area contributed by atoms with Gasteiger partial charge < -0.3 is 9.80 Å². The first-order chi connectivity index (χ1) is 17.0. The van der Waals surface area contributed by atoms with E-state index in [2.05, 4.69) is 0 Å². The van der Waals surface area contributed by atoms with Gasteiger partial charge in [-0.1, -0.05) is 41.9 Å². The van der Waals surface area contributed by atoms with Gasteiger partial charge in [0.15, 0.2) is 0 Å². The van der Waals surface area contributed by atoms with Crippen LogP contribution < -0.4 is 0 Å². The number of para-hydroxylation sites is 1. The van der Waals surface area contributed by atoms with E-state index >= 15 is 0 Å². The summed E-state index contributed by atoms with van der Waals surface area (Å²) in [7, 11) is 1.95. The number of hydrogen-bond acceptors (Lipinski definition) is 4. The van der Waals surface area contributed by atoms with Crippen molar-refractivity contribution in [1.82, 2.24) is 24.5 Å². The lowest BCUT2D eigenvalue weighted by Gasteiger charge is -2.35. The van der Waals surface area contributed by atoms with Crippen LogP contribution >= 0.6 is 11.6 Å². The molecule has 1 saturated heterocycles. The van der Waals surface area contributed by atoms with E-state index in [4.69, 9.17) is 16.7 Å². The number of piperazine rings is 1. The maximum Gasteiger partial charge on any atom is 0.236 e. The number of carbonyl (C=O) groups excluding carboxylic acids is 2. The fourth-order valence-corrected chi connectivity index (χ4v) is 4.66. The van der Waals surface area contributed by atoms with E-state index in [0.29, 0.717) is 44.3 Å². The van der Waals surface area contributed by atoms with E-state index in [1.807, 2.05) is 87.2 Å². The quantitative estimate of drug-likeness (QED) is 0.505. The van der Waals surface area contributed by atoms with Gasteiger partial charge in [0.2, 0.25) is 11.8 Å². The molecule has 0 bridgehead atoms. The minimum atomic E-state index is 0.0921. The molecule has 8 heteroatoms. The number of benzene rings is 2. The fourth-order valence-electron chi connectivity index (χ4n) is 4.53. The molecule has 1 aliphatic heterocycles. The van der Waals surface area contributed by atoms with Crippen molar-refractivity contribution in [2.75, 3.05) is 39.8 Å². The van der Waals surface area contributed by atoms with Gasteiger partial charge in [-0.15, -0.1) is 0 Å². The zero-order valence-corrected chi connectivity index (χ0v) is 20.7. The Morgan fingerprint density at radius 1 is 0.971 bits per heavy atom. The highest BCUT2D eigenvalue weighted by Crippen LogP contribution is 2.31. The Kier molecular flexibility index (Phi) is 6.88. The summed E-state index contributed by atoms with van der Waals surface area (Å²) in [4.78, 5) is 31.1. The van der Waals surface area contributed by atoms with Gasteiger partial charge in [0, 0.05) is 61.0 Å². The Morgan fingerprint density at radius 2 is 1.63 bits per heavy atom. The van der Waals surface area contributed by atoms with E-state index in [-0.39, 0.29) is 17.7 Å². The maximum atomic E-state index is 13.0. The van der Waals surface area contributed by atoms with Crippen LogP contribution in [0.1, 0.15) is 18.4 Å². The second-order valence-electron chi connectivity index (χ2n) is 9.44. The van der Waals surface area contributed by atoms with Gasteiger partial charge in [-0.2, -0.15) is 5.10 Å². The van der Waals surface area contributed by atoms with Crippen molar-refractivity contribution in [2.24, 2.45) is 5.92 Å². The van der Waals surface area contributed by atoms with E-state index in [1.165, 1.54) is 0 Å². The zero-order chi connectivity index (χ0) is 24.4. The minimum Gasteiger partial charge on any atom is -0.339 e. The highest BCUT2D eigenvalue weighted by atomic mass is 35.5. The summed E-state index contributed by atoms with van der Waals surface area (Å²) in [6.45, 7) is 3.37. The number of rotatable bonds is 7. The van der Waals surface area contributed by atoms with Crippen molar-refractivity contribution in [1.29, 1.82) is 0 Å². The summed E-state index contributed by atoms with van der Waals surface area (Å²) in [6, 6.07) is 17.7. The summed E-state index contributed by atoms with van der Waals surface area (Å²) in [6.07, 6.45) is 4.06. The van der Waals surface area contributed by atoms with Crippen LogP contribution in [0.5, 0.6) is 0 Å². The van der Waals surface area contributed by atoms with Crippen LogP contribution in [0.4, 0.5) is 0 Å². The van der Waals surface area contributed by atoms with Gasteiger partial charge in [0.25, 0.3) is 0 Å². The molecule has 0 N–H and O–H groups in total. The van der Waals surface area contributed by atoms with Crippen LogP contribution in [0.3, 0.4) is 0 Å². The van der Waals surface area contributed by atoms with Gasteiger partial charge in [-0.05, 0) is 44.2 Å². The number of amides is 2. The molecule has 1 aliphatic carbocycles. The standard InChI is InChI=1S/C27H30ClN5O2/c1-30(19-25(34)31-13-15-32(16-14-31)27(35)21-7-8-21)17-22-18-33(24-5-3-2-4-6-24)29-26(22)20-9-11-23(28)12-10-20/h2-6,9-12,18,21H,7-8,13-17,19H2,1H3. The highest BCUT2D eigenvalue weighted by Gasteiger charge is 2.35. The minimum absolute atomic E-state index is 0.0921. The monoisotopic (exact) mass is 491 g/mol. The van der Waals surface area contributed by atoms with Crippen molar-refractivity contribution >= 4 is 23.4 Å². The third-order valence-electron chi connectivity index (χ3n) is 6.64. The third-order valence-corrected chi connectivity index (χ3v) is 6.90. The molecule has 0 atom stereocenters. The molecule has 2 aromatic carbocycles. The predicted octanol–water partition coefficient (Wildman–Crippen LogP) is 3.71. The first-order valence-corrected chi connectivity index (χ1v) is 12.5. The lowest BCUT2D eigenvalue weighted by atomic mass is 10.1. The Hall–Kier alpha value is -3.16. The summed E-state index contributed by atoms with van der Waals surface area (Å²) in [5.74, 6) is 0.587. The molecule has 35 heavy (non-hydrogen) atoms. The Bertz CT molecular complexity index is 1180. The predicted molar refractivity (Wildman–Crippen MR) is 136 cm³/mol. The summed E-state index contributed by atoms with van der Waals surface area (Å²) < 4.78 is 1.88. The Balaban J connectivity index is 1.26. The lowest BCUT2D eigenvalue weighted by molar-refractivity contribution is -0.140. The molecule has 2 amide bonds. The summed E-state index contributed by atoms with van der Waals surface area (Å²) in [5, 5.41) is 5.54. The third kappa shape index (κ3) is 5.57. The largest absolute Gasteiger partial charge is 0.339 e. The molecular weight excluding hydrogens is 462 g/mol. The van der Waals surface area contributed by atoms with Crippen molar-refractivity contribution in [3.63, 3.8) is 0 Å². The average Bonchev–Trinajstić information content (AvgIpc) is 3.65. The number of halogens is 1. The van der Waals surface area contributed by atoms with Gasteiger partial charge in [0.1, 0.15) is 0 Å². The van der Waals surface area contributed by atoms with Crippen molar-refractivity contribution in [2.45, 2.75) is 19.4 Å². The van der Waals surface area contributed by atoms with Gasteiger partial charge in [-0.3, -0.25) is 14.5 Å². The molecule has 2 fully saturated rings. The normalized spacial score (nSPS) is 16.1. The summed E-state index contributed by atoms with van der Waals surface area (Å²) in [5.41, 5.74) is 3.87. The molecular formula is C27H30ClN5O2. The topological polar surface area (TPSA) is 61.7 Å². The first kappa shape index (κ1) is 23.6. The molecule has 0 unspecified atom stereocenters. The zero-order valence-electron chi connectivity index (χ0n) is 19.9. The van der Waals surface area contributed by atoms with Crippen molar-refractivity contribution < 1.29 is 9.59 Å². The second kappa shape index (κ2) is 10.2. The van der Waals surface area contributed by atoms with Crippen molar-refractivity contribution in [3.05, 3.63) is 71.4 Å². The average molecular weight is 492 g/mol. The number of carbonyl (C=O) groups is 2. The Morgan fingerprint density at radius 3 is 2.29 bits per heavy atom. The number of nitrogens with zero attached hydrogens (tertiary/aromatic N) is 5. The lowest BCUT2D eigenvalue weighted by Crippen LogP contribution is -2.52. The van der Waals surface area contributed by atoms with Gasteiger partial charge in [0.05, 0.1) is 17.9 Å². The van der Waals surface area contributed by atoms with Crippen molar-refractivity contribution in [3.8, 4) is 16.9 Å². The van der Waals surface area contributed by atoms with Crippen LogP contribution in [-0.4, -0.2) is 76.1 Å². The number of likely N-dealkylation sites (N-methyl/N-ethyl adjacent to an activating group) is 1. The van der Waals surface area contributed by atoms with E-state index in [9.17, 15) is 9.59 Å². The fraction of sp³-hybridized carbons (Fsp3) is 0.370. The van der Waals surface area contributed by atoms with Gasteiger partial charge >= 0.3 is 0 Å². The number of hydrogen-bond donors (Lipinski definition) is 0. The second-order valence-corrected chi connectivity index (χ2v) is 9.88. The van der Waals surface area contributed by atoms with E-state index in [0.717, 1.165) is 35.3 Å². The van der Waals surface area contributed by atoms with E-state index < -0.39 is 0 Å². The molecule has 0 radical (unpaired) electrons. The van der Waals surface area contributed by atoms with Crippen LogP contribution in [0.15, 0.2) is 60.8 Å². The summed E-state index contributed by atoms with van der Waals surface area (Å²) >= 11 is 6.10. The molecule has 182 valence electrons. The highest BCUT2D eigenvalue weighted by molar-refractivity contribution is 6.30. The smallest absolute Gasteiger partial charge is 0.236 e. The van der Waals surface area contributed by atoms with Crippen LogP contribution in [0.2, 0.25) is 5.02 Å². The van der Waals surface area contributed by atoms with Crippen LogP contribution in [0.25, 0.3) is 16.9 Å². The molecule has 7 nitrogen and oxygen atoms in total. The van der Waals surface area contributed by atoms with E-state index in [1.54, 1.807) is 0 Å². The molecule has 2 heterocycles. The molecule has 1 saturated carbocycles. The van der Waals surface area contributed by atoms with Crippen LogP contribution in [-0.2, 0) is 16.1 Å².